The highest BCUT2D eigenvalue weighted by Gasteiger charge is 2.18. The van der Waals surface area contributed by atoms with E-state index in [-0.39, 0.29) is 0 Å². The molecule has 0 N–H and O–H groups in total. The second-order valence-corrected chi connectivity index (χ2v) is 14.2. The zero-order valence-electron chi connectivity index (χ0n) is 15.7. The van der Waals surface area contributed by atoms with Crippen molar-refractivity contribution in [2.75, 3.05) is 5.33 Å². The molecular formula is C22H15BrOS6. The zero-order valence-corrected chi connectivity index (χ0v) is 22.1. The Morgan fingerprint density at radius 3 is 2.17 bits per heavy atom. The molecule has 0 radical (unpaired) electrons. The fraction of sp³-hybridized carbons (Fsp3) is 0.227. The van der Waals surface area contributed by atoms with Crippen LogP contribution in [-0.2, 0) is 0 Å². The van der Waals surface area contributed by atoms with Gasteiger partial charge < -0.3 is 0 Å². The van der Waals surface area contributed by atoms with E-state index in [2.05, 4.69) is 45.6 Å². The summed E-state index contributed by atoms with van der Waals surface area (Å²) in [5.41, 5.74) is 0. The number of rotatable bonds is 7. The number of hydrogen-bond acceptors (Lipinski definition) is 7. The van der Waals surface area contributed by atoms with Gasteiger partial charge in [0.25, 0.3) is 0 Å². The molecule has 0 atom stereocenters. The Hall–Kier alpha value is -0.610. The van der Waals surface area contributed by atoms with E-state index in [1.165, 1.54) is 47.4 Å². The Kier molecular flexibility index (Phi) is 5.38. The van der Waals surface area contributed by atoms with E-state index in [0.29, 0.717) is 12.2 Å². The third kappa shape index (κ3) is 3.36. The number of Topliss-reactive ketones (excluding diaryl/α,β-unsaturated/α-hetero) is 1. The highest BCUT2D eigenvalue weighted by molar-refractivity contribution is 9.09. The van der Waals surface area contributed by atoms with Crippen molar-refractivity contribution in [2.45, 2.75) is 25.7 Å². The number of fused-ring (bicyclic) bond motifs is 6. The van der Waals surface area contributed by atoms with Crippen LogP contribution < -0.4 is 0 Å². The summed E-state index contributed by atoms with van der Waals surface area (Å²) in [5.74, 6) is 0.307. The summed E-state index contributed by atoms with van der Waals surface area (Å²) >= 11 is 14.5. The van der Waals surface area contributed by atoms with Crippen molar-refractivity contribution in [2.24, 2.45) is 0 Å². The van der Waals surface area contributed by atoms with Crippen molar-refractivity contribution < 1.29 is 4.79 Å². The summed E-state index contributed by atoms with van der Waals surface area (Å²) in [5, 5.41) is 3.21. The number of alkyl halides is 1. The maximum absolute atomic E-state index is 12.6. The third-order valence-electron chi connectivity index (χ3n) is 5.13. The Morgan fingerprint density at radius 2 is 1.40 bits per heavy atom. The Labute approximate surface area is 205 Å². The highest BCUT2D eigenvalue weighted by atomic mass is 79.9. The van der Waals surface area contributed by atoms with Crippen LogP contribution in [0.25, 0.3) is 47.4 Å². The van der Waals surface area contributed by atoms with Crippen molar-refractivity contribution >= 4 is 127 Å². The molecule has 0 aromatic carbocycles. The van der Waals surface area contributed by atoms with Crippen molar-refractivity contribution in [1.29, 1.82) is 0 Å². The molecule has 0 aliphatic heterocycles. The lowest BCUT2D eigenvalue weighted by Gasteiger charge is -1.97. The van der Waals surface area contributed by atoms with E-state index in [1.807, 2.05) is 56.7 Å². The van der Waals surface area contributed by atoms with Crippen molar-refractivity contribution in [3.8, 4) is 9.75 Å². The molecule has 1 nitrogen and oxygen atoms in total. The number of carbonyl (C=O) groups is 1. The minimum Gasteiger partial charge on any atom is -0.293 e. The molecule has 8 heteroatoms. The number of ketones is 1. The first-order valence-electron chi connectivity index (χ1n) is 9.66. The minimum absolute atomic E-state index is 0.307. The lowest BCUT2D eigenvalue weighted by atomic mass is 10.1. The molecule has 0 bridgehead atoms. The van der Waals surface area contributed by atoms with Crippen molar-refractivity contribution in [1.82, 2.24) is 0 Å². The van der Waals surface area contributed by atoms with Crippen molar-refractivity contribution in [3.05, 3.63) is 34.5 Å². The van der Waals surface area contributed by atoms with Gasteiger partial charge in [-0.15, -0.1) is 68.0 Å². The largest absolute Gasteiger partial charge is 0.293 e. The maximum Gasteiger partial charge on any atom is 0.172 e. The fourth-order valence-corrected chi connectivity index (χ4v) is 11.9. The average molecular weight is 568 g/mol. The first kappa shape index (κ1) is 20.0. The summed E-state index contributed by atoms with van der Waals surface area (Å²) in [7, 11) is 0. The van der Waals surface area contributed by atoms with Gasteiger partial charge >= 0.3 is 0 Å². The van der Waals surface area contributed by atoms with Gasteiger partial charge in [-0.05, 0) is 42.5 Å². The predicted molar refractivity (Wildman–Crippen MR) is 146 cm³/mol. The fourth-order valence-electron chi connectivity index (χ4n) is 3.67. The lowest BCUT2D eigenvalue weighted by Crippen LogP contribution is -1.95. The van der Waals surface area contributed by atoms with Crippen molar-refractivity contribution in [3.63, 3.8) is 0 Å². The summed E-state index contributed by atoms with van der Waals surface area (Å²) < 4.78 is 11.0. The highest BCUT2D eigenvalue weighted by Crippen LogP contribution is 2.50. The van der Waals surface area contributed by atoms with E-state index in [4.69, 9.17) is 0 Å². The van der Waals surface area contributed by atoms with Gasteiger partial charge in [0, 0.05) is 40.3 Å². The molecule has 152 valence electrons. The van der Waals surface area contributed by atoms with E-state index in [1.54, 1.807) is 11.3 Å². The summed E-state index contributed by atoms with van der Waals surface area (Å²) in [6.45, 7) is 0. The van der Waals surface area contributed by atoms with Crippen LogP contribution in [0.4, 0.5) is 0 Å². The minimum atomic E-state index is 0.307. The van der Waals surface area contributed by atoms with Gasteiger partial charge in [-0.3, -0.25) is 4.79 Å². The van der Waals surface area contributed by atoms with Gasteiger partial charge in [0.05, 0.1) is 23.7 Å². The Bertz CT molecular complexity index is 1520. The lowest BCUT2D eigenvalue weighted by molar-refractivity contribution is 0.0983. The molecule has 0 aliphatic carbocycles. The van der Waals surface area contributed by atoms with Gasteiger partial charge in [-0.2, -0.15) is 0 Å². The van der Waals surface area contributed by atoms with Gasteiger partial charge in [0.1, 0.15) is 0 Å². The SMILES string of the molecule is O=C(CCCCCBr)c1cc2sc3cc(-c4cc5sc6ccsc6c5s4)sc3c2s1. The topological polar surface area (TPSA) is 17.1 Å². The molecule has 30 heavy (non-hydrogen) atoms. The Balaban J connectivity index is 1.32. The maximum atomic E-state index is 12.6. The smallest absolute Gasteiger partial charge is 0.172 e. The first-order valence-corrected chi connectivity index (χ1v) is 15.7. The van der Waals surface area contributed by atoms with Crippen LogP contribution in [0.1, 0.15) is 35.4 Å². The van der Waals surface area contributed by atoms with Crippen LogP contribution in [0, 0.1) is 0 Å². The Morgan fingerprint density at radius 1 is 0.733 bits per heavy atom. The standard InChI is InChI=1S/C22H15BrOS6/c23-6-3-1-2-4-11(24)13-8-16-21(28-13)22-18(27-16)10-15(30-22)14-9-17-20(29-14)19-12(26-17)5-7-25-19/h5,7-10H,1-4,6H2. The third-order valence-corrected chi connectivity index (χ3v) is 13.3. The molecule has 0 saturated heterocycles. The molecular weight excluding hydrogens is 553 g/mol. The molecule has 0 fully saturated rings. The number of unbranched alkanes of at least 4 members (excludes halogenated alkanes) is 2. The summed E-state index contributed by atoms with van der Waals surface area (Å²) in [4.78, 5) is 16.3. The molecule has 0 amide bonds. The second kappa shape index (κ2) is 8.06. The van der Waals surface area contributed by atoms with Crippen LogP contribution in [-0.4, -0.2) is 11.1 Å². The predicted octanol–water partition coefficient (Wildman–Crippen LogP) is 10.5. The van der Waals surface area contributed by atoms with E-state index in [0.717, 1.165) is 29.5 Å². The van der Waals surface area contributed by atoms with Crippen LogP contribution in [0.3, 0.4) is 0 Å². The van der Waals surface area contributed by atoms with Crippen LogP contribution >= 0.6 is 84.0 Å². The van der Waals surface area contributed by atoms with E-state index in [9.17, 15) is 4.79 Å². The molecule has 6 aromatic rings. The summed E-state index contributed by atoms with van der Waals surface area (Å²) in [6, 6.07) is 9.06. The van der Waals surface area contributed by atoms with Crippen LogP contribution in [0.5, 0.6) is 0 Å². The molecule has 0 aliphatic rings. The van der Waals surface area contributed by atoms with E-state index >= 15 is 0 Å². The van der Waals surface area contributed by atoms with Gasteiger partial charge in [0.15, 0.2) is 5.78 Å². The molecule has 0 unspecified atom stereocenters. The monoisotopic (exact) mass is 566 g/mol. The van der Waals surface area contributed by atoms with Crippen LogP contribution in [0.15, 0.2) is 29.6 Å². The summed E-state index contributed by atoms with van der Waals surface area (Å²) in [6.07, 6.45) is 3.92. The molecule has 6 rings (SSSR count). The molecule has 6 heterocycles. The van der Waals surface area contributed by atoms with Crippen LogP contribution in [0.2, 0.25) is 0 Å². The van der Waals surface area contributed by atoms with E-state index < -0.39 is 0 Å². The number of thiophene rings is 6. The second-order valence-electron chi connectivity index (χ2n) is 7.15. The normalized spacial score (nSPS) is 12.3. The molecule has 0 spiro atoms. The number of carbonyl (C=O) groups excluding carboxylic acids is 1. The number of halogens is 1. The van der Waals surface area contributed by atoms with Gasteiger partial charge in [-0.1, -0.05) is 22.4 Å². The van der Waals surface area contributed by atoms with Gasteiger partial charge in [0.2, 0.25) is 0 Å². The quantitative estimate of drug-likeness (QED) is 0.107. The molecule has 0 saturated carbocycles. The number of hydrogen-bond donors (Lipinski definition) is 0. The molecule has 6 aromatic heterocycles. The zero-order chi connectivity index (χ0) is 20.2. The average Bonchev–Trinajstić information content (AvgIpc) is 3.50. The van der Waals surface area contributed by atoms with Gasteiger partial charge in [-0.25, -0.2) is 0 Å². The first-order chi connectivity index (χ1) is 14.7.